The Morgan fingerprint density at radius 2 is 2.31 bits per heavy atom. The van der Waals surface area contributed by atoms with E-state index in [1.165, 1.54) is 0 Å². The number of halogens is 3. The first-order valence-electron chi connectivity index (χ1n) is 4.73. The second-order valence-corrected chi connectivity index (χ2v) is 3.75. The number of alkyl halides is 3. The normalized spacial score (nSPS) is 23.1. The summed E-state index contributed by atoms with van der Waals surface area (Å²) in [5.41, 5.74) is 8.08. The minimum absolute atomic E-state index is 0.00146. The van der Waals surface area contributed by atoms with Crippen LogP contribution in [-0.4, -0.2) is 36.1 Å². The smallest absolute Gasteiger partial charge is 0.331 e. The Labute approximate surface area is 89.8 Å². The lowest BCUT2D eigenvalue weighted by Gasteiger charge is -2.26. The second kappa shape index (κ2) is 4.61. The minimum atomic E-state index is -4.41. The van der Waals surface area contributed by atoms with Gasteiger partial charge in [-0.15, -0.1) is 0 Å². The third kappa shape index (κ3) is 2.79. The summed E-state index contributed by atoms with van der Waals surface area (Å²) in [5, 5.41) is 3.26. The quantitative estimate of drug-likeness (QED) is 0.420. The van der Waals surface area contributed by atoms with E-state index >= 15 is 0 Å². The van der Waals surface area contributed by atoms with Gasteiger partial charge >= 0.3 is 6.18 Å². The highest BCUT2D eigenvalue weighted by atomic mass is 19.4. The highest BCUT2D eigenvalue weighted by Gasteiger charge is 2.45. The maximum absolute atomic E-state index is 12.4. The van der Waals surface area contributed by atoms with Crippen molar-refractivity contribution < 1.29 is 18.0 Å². The summed E-state index contributed by atoms with van der Waals surface area (Å²) in [7, 11) is 0. The standard InChI is InChI=1S/C8H11F3N4O/c1-5(8(9,10)11)15-4-6(2-7(15)16)3-13-14-12/h5-6H,2-4H2,1H3. The van der Waals surface area contributed by atoms with Crippen LogP contribution in [0.25, 0.3) is 10.4 Å². The van der Waals surface area contributed by atoms with E-state index in [-0.39, 0.29) is 25.4 Å². The molecule has 1 aliphatic rings. The summed E-state index contributed by atoms with van der Waals surface area (Å²) in [4.78, 5) is 14.6. The molecule has 0 radical (unpaired) electrons. The Hall–Kier alpha value is -1.43. The molecule has 1 aliphatic heterocycles. The van der Waals surface area contributed by atoms with Gasteiger partial charge in [0, 0.05) is 24.4 Å². The van der Waals surface area contributed by atoms with Crippen LogP contribution in [0.4, 0.5) is 13.2 Å². The third-order valence-electron chi connectivity index (χ3n) is 2.58. The molecule has 1 amide bonds. The number of carbonyl (C=O) groups excluding carboxylic acids is 1. The lowest BCUT2D eigenvalue weighted by Crippen LogP contribution is -2.44. The lowest BCUT2D eigenvalue weighted by atomic mass is 10.1. The van der Waals surface area contributed by atoms with Crippen LogP contribution in [0, 0.1) is 5.92 Å². The Morgan fingerprint density at radius 1 is 1.69 bits per heavy atom. The average Bonchev–Trinajstić information content (AvgIpc) is 2.54. The van der Waals surface area contributed by atoms with Crippen molar-refractivity contribution in [2.45, 2.75) is 25.6 Å². The number of hydrogen-bond donors (Lipinski definition) is 0. The summed E-state index contributed by atoms with van der Waals surface area (Å²) in [6, 6.07) is -1.78. The zero-order valence-corrected chi connectivity index (χ0v) is 8.61. The van der Waals surface area contributed by atoms with Crippen LogP contribution in [0.2, 0.25) is 0 Å². The van der Waals surface area contributed by atoms with Crippen molar-refractivity contribution in [1.29, 1.82) is 0 Å². The Balaban J connectivity index is 2.64. The van der Waals surface area contributed by atoms with Gasteiger partial charge < -0.3 is 4.90 Å². The monoisotopic (exact) mass is 236 g/mol. The molecule has 2 unspecified atom stereocenters. The van der Waals surface area contributed by atoms with Gasteiger partial charge in [-0.1, -0.05) is 5.11 Å². The summed E-state index contributed by atoms with van der Waals surface area (Å²) >= 11 is 0. The van der Waals surface area contributed by atoms with Crippen molar-refractivity contribution >= 4 is 5.91 Å². The lowest BCUT2D eigenvalue weighted by molar-refractivity contribution is -0.182. The first-order chi connectivity index (χ1) is 7.36. The van der Waals surface area contributed by atoms with Crippen LogP contribution in [0.15, 0.2) is 5.11 Å². The van der Waals surface area contributed by atoms with Crippen molar-refractivity contribution in [3.8, 4) is 0 Å². The molecule has 0 aromatic rings. The zero-order valence-electron chi connectivity index (χ0n) is 8.61. The number of hydrogen-bond acceptors (Lipinski definition) is 2. The third-order valence-corrected chi connectivity index (χ3v) is 2.58. The largest absolute Gasteiger partial charge is 0.408 e. The first-order valence-corrected chi connectivity index (χ1v) is 4.73. The summed E-state index contributed by atoms with van der Waals surface area (Å²) in [6.07, 6.45) is -4.40. The van der Waals surface area contributed by atoms with Crippen molar-refractivity contribution in [3.63, 3.8) is 0 Å². The van der Waals surface area contributed by atoms with Gasteiger partial charge in [0.15, 0.2) is 0 Å². The van der Waals surface area contributed by atoms with Gasteiger partial charge in [-0.25, -0.2) is 0 Å². The van der Waals surface area contributed by atoms with Gasteiger partial charge in [0.25, 0.3) is 0 Å². The number of nitrogens with zero attached hydrogens (tertiary/aromatic N) is 4. The average molecular weight is 236 g/mol. The van der Waals surface area contributed by atoms with Gasteiger partial charge in [-0.2, -0.15) is 13.2 Å². The van der Waals surface area contributed by atoms with E-state index in [2.05, 4.69) is 10.0 Å². The van der Waals surface area contributed by atoms with Crippen molar-refractivity contribution in [3.05, 3.63) is 10.4 Å². The van der Waals surface area contributed by atoms with Crippen molar-refractivity contribution in [1.82, 2.24) is 4.90 Å². The molecule has 0 aliphatic carbocycles. The van der Waals surface area contributed by atoms with Crippen LogP contribution in [0.1, 0.15) is 13.3 Å². The predicted octanol–water partition coefficient (Wildman–Crippen LogP) is 2.10. The summed E-state index contributed by atoms with van der Waals surface area (Å²) < 4.78 is 37.1. The molecule has 0 aromatic heterocycles. The van der Waals surface area contributed by atoms with Gasteiger partial charge in [0.1, 0.15) is 6.04 Å². The van der Waals surface area contributed by atoms with E-state index in [0.717, 1.165) is 11.8 Å². The van der Waals surface area contributed by atoms with Gasteiger partial charge in [-0.3, -0.25) is 4.79 Å². The molecule has 1 saturated heterocycles. The fraction of sp³-hybridized carbons (Fsp3) is 0.875. The molecule has 8 heteroatoms. The van der Waals surface area contributed by atoms with Crippen LogP contribution in [-0.2, 0) is 4.79 Å². The highest BCUT2D eigenvalue weighted by molar-refractivity contribution is 5.79. The fourth-order valence-corrected chi connectivity index (χ4v) is 1.63. The summed E-state index contributed by atoms with van der Waals surface area (Å²) in [6.45, 7) is 1.01. The molecule has 0 bridgehead atoms. The van der Waals surface area contributed by atoms with Crippen molar-refractivity contribution in [2.75, 3.05) is 13.1 Å². The van der Waals surface area contributed by atoms with E-state index in [4.69, 9.17) is 5.53 Å². The van der Waals surface area contributed by atoms with Gasteiger partial charge in [-0.05, 0) is 18.4 Å². The fourth-order valence-electron chi connectivity index (χ4n) is 1.63. The van der Waals surface area contributed by atoms with Crippen LogP contribution in [0.5, 0.6) is 0 Å². The van der Waals surface area contributed by atoms with E-state index in [0.29, 0.717) is 0 Å². The molecular formula is C8H11F3N4O. The van der Waals surface area contributed by atoms with Crippen molar-refractivity contribution in [2.24, 2.45) is 11.0 Å². The SMILES string of the molecule is CC(N1CC(CN=[N+]=[N-])CC1=O)C(F)(F)F. The zero-order chi connectivity index (χ0) is 12.3. The molecular weight excluding hydrogens is 225 g/mol. The molecule has 0 aromatic carbocycles. The van der Waals surface area contributed by atoms with Crippen LogP contribution >= 0.6 is 0 Å². The van der Waals surface area contributed by atoms with E-state index < -0.39 is 18.1 Å². The minimum Gasteiger partial charge on any atom is -0.331 e. The maximum Gasteiger partial charge on any atom is 0.408 e. The van der Waals surface area contributed by atoms with E-state index in [1.807, 2.05) is 0 Å². The molecule has 0 spiro atoms. The molecule has 1 fully saturated rings. The van der Waals surface area contributed by atoms with Gasteiger partial charge in [0.05, 0.1) is 0 Å². The van der Waals surface area contributed by atoms with Crippen LogP contribution < -0.4 is 0 Å². The highest BCUT2D eigenvalue weighted by Crippen LogP contribution is 2.29. The number of rotatable bonds is 3. The van der Waals surface area contributed by atoms with Crippen LogP contribution in [0.3, 0.4) is 0 Å². The number of azide groups is 1. The maximum atomic E-state index is 12.4. The predicted molar refractivity (Wildman–Crippen MR) is 49.4 cm³/mol. The molecule has 2 atom stereocenters. The van der Waals surface area contributed by atoms with E-state index in [9.17, 15) is 18.0 Å². The molecule has 1 heterocycles. The molecule has 90 valence electrons. The number of likely N-dealkylation sites (tertiary alicyclic amines) is 1. The molecule has 0 saturated carbocycles. The molecule has 16 heavy (non-hydrogen) atoms. The Kier molecular flexibility index (Phi) is 3.64. The number of amides is 1. The number of carbonyl (C=O) groups is 1. The Bertz CT molecular complexity index is 324. The van der Waals surface area contributed by atoms with Gasteiger partial charge in [0.2, 0.25) is 5.91 Å². The Morgan fingerprint density at radius 3 is 2.81 bits per heavy atom. The first kappa shape index (κ1) is 12.6. The molecule has 1 rings (SSSR count). The summed E-state index contributed by atoms with van der Waals surface area (Å²) in [5.74, 6) is -0.851. The second-order valence-electron chi connectivity index (χ2n) is 3.75. The van der Waals surface area contributed by atoms with E-state index in [1.54, 1.807) is 0 Å². The molecule has 5 nitrogen and oxygen atoms in total. The molecule has 0 N–H and O–H groups in total. The topological polar surface area (TPSA) is 69.1 Å².